The third kappa shape index (κ3) is 9.05. The van der Waals surface area contributed by atoms with Gasteiger partial charge in [-0.2, -0.15) is 0 Å². The Morgan fingerprint density at radius 1 is 0.944 bits per heavy atom. The van der Waals surface area contributed by atoms with Gasteiger partial charge in [0.1, 0.15) is 0 Å². The van der Waals surface area contributed by atoms with Gasteiger partial charge < -0.3 is 19.1 Å². The summed E-state index contributed by atoms with van der Waals surface area (Å²) in [6.07, 6.45) is 7.16. The van der Waals surface area contributed by atoms with Crippen LogP contribution >= 0.6 is 0 Å². The van der Waals surface area contributed by atoms with E-state index in [0.29, 0.717) is 0 Å². The second kappa shape index (κ2) is 10.9. The van der Waals surface area contributed by atoms with E-state index in [9.17, 15) is 0 Å². The van der Waals surface area contributed by atoms with Crippen molar-refractivity contribution in [3.8, 4) is 0 Å². The molecule has 0 aromatic heterocycles. The molecule has 1 unspecified atom stereocenters. The fourth-order valence-electron chi connectivity index (χ4n) is 1.91. The van der Waals surface area contributed by atoms with E-state index < -0.39 is 14.7 Å². The van der Waals surface area contributed by atoms with Crippen molar-refractivity contribution in [3.05, 3.63) is 0 Å². The van der Waals surface area contributed by atoms with Gasteiger partial charge in [-0.3, -0.25) is 0 Å². The van der Waals surface area contributed by atoms with E-state index in [4.69, 9.17) is 19.1 Å². The molecular formula is C13H30O4Si. The molecule has 2 N–H and O–H groups in total. The van der Waals surface area contributed by atoms with Crippen molar-refractivity contribution in [2.45, 2.75) is 63.6 Å². The molecule has 1 atom stereocenters. The van der Waals surface area contributed by atoms with E-state index in [0.717, 1.165) is 25.3 Å². The molecule has 0 aromatic carbocycles. The van der Waals surface area contributed by atoms with Crippen LogP contribution in [0.2, 0.25) is 12.6 Å². The third-order valence-electron chi connectivity index (χ3n) is 3.49. The zero-order chi connectivity index (χ0) is 13.9. The van der Waals surface area contributed by atoms with Gasteiger partial charge in [0.05, 0.1) is 12.7 Å². The minimum absolute atomic E-state index is 0.114. The third-order valence-corrected chi connectivity index (χ3v) is 6.48. The maximum atomic E-state index is 9.17. The average Bonchev–Trinajstić information content (AvgIpc) is 2.41. The second-order valence-corrected chi connectivity index (χ2v) is 8.62. The number of unbranched alkanes of at least 4 members (excludes halogenated alkanes) is 5. The maximum absolute atomic E-state index is 9.17. The molecule has 5 heteroatoms. The van der Waals surface area contributed by atoms with Gasteiger partial charge >= 0.3 is 8.56 Å². The molecule has 18 heavy (non-hydrogen) atoms. The first-order valence-corrected chi connectivity index (χ1v) is 9.49. The Balaban J connectivity index is 3.31. The summed E-state index contributed by atoms with van der Waals surface area (Å²) >= 11 is 0. The molecule has 4 nitrogen and oxygen atoms in total. The molecule has 0 aliphatic heterocycles. The zero-order valence-corrected chi connectivity index (χ0v) is 13.2. The summed E-state index contributed by atoms with van der Waals surface area (Å²) in [7, 11) is 1.62. The molecule has 0 saturated carbocycles. The van der Waals surface area contributed by atoms with Crippen molar-refractivity contribution in [2.75, 3.05) is 20.8 Å². The highest BCUT2D eigenvalue weighted by molar-refractivity contribution is 6.65. The first-order valence-electron chi connectivity index (χ1n) is 6.97. The van der Waals surface area contributed by atoms with Crippen LogP contribution in [0.4, 0.5) is 0 Å². The van der Waals surface area contributed by atoms with Crippen molar-refractivity contribution in [2.24, 2.45) is 0 Å². The highest BCUT2D eigenvalue weighted by Gasteiger charge is 2.27. The summed E-state index contributed by atoms with van der Waals surface area (Å²) in [4.78, 5) is 0. The molecule has 0 aliphatic carbocycles. The molecule has 0 aliphatic rings. The lowest BCUT2D eigenvalue weighted by atomic mass is 10.1. The Morgan fingerprint density at radius 2 is 1.44 bits per heavy atom. The molecule has 0 bridgehead atoms. The summed E-state index contributed by atoms with van der Waals surface area (Å²) in [6, 6.07) is 1.06. The summed E-state index contributed by atoms with van der Waals surface area (Å²) < 4.78 is 10.9. The van der Waals surface area contributed by atoms with Crippen molar-refractivity contribution >= 4 is 8.56 Å². The van der Waals surface area contributed by atoms with Crippen molar-refractivity contribution in [1.82, 2.24) is 0 Å². The predicted molar refractivity (Wildman–Crippen MR) is 75.9 cm³/mol. The van der Waals surface area contributed by atoms with Gasteiger partial charge in [0.15, 0.2) is 0 Å². The smallest absolute Gasteiger partial charge is 0.334 e. The number of hydrogen-bond donors (Lipinski definition) is 2. The van der Waals surface area contributed by atoms with Gasteiger partial charge in [-0.15, -0.1) is 0 Å². The van der Waals surface area contributed by atoms with E-state index in [2.05, 4.69) is 6.55 Å². The summed E-state index contributed by atoms with van der Waals surface area (Å²) in [6.45, 7) is 1.99. The van der Waals surface area contributed by atoms with Crippen LogP contribution in [0, 0.1) is 0 Å². The van der Waals surface area contributed by atoms with Gasteiger partial charge in [0.2, 0.25) is 0 Å². The molecule has 110 valence electrons. The van der Waals surface area contributed by atoms with E-state index in [1.165, 1.54) is 25.7 Å². The van der Waals surface area contributed by atoms with E-state index in [1.807, 2.05) is 0 Å². The minimum atomic E-state index is -1.85. The van der Waals surface area contributed by atoms with Crippen LogP contribution in [0.3, 0.4) is 0 Å². The van der Waals surface area contributed by atoms with Crippen LogP contribution in [0.5, 0.6) is 0 Å². The Hall–Kier alpha value is 0.0569. The van der Waals surface area contributed by atoms with Gasteiger partial charge in [0.25, 0.3) is 0 Å². The van der Waals surface area contributed by atoms with Crippen LogP contribution in [-0.4, -0.2) is 45.7 Å². The topological polar surface area (TPSA) is 58.9 Å². The van der Waals surface area contributed by atoms with Crippen molar-refractivity contribution < 1.29 is 19.1 Å². The predicted octanol–water partition coefficient (Wildman–Crippen LogP) is 2.44. The van der Waals surface area contributed by atoms with Gasteiger partial charge in [0, 0.05) is 14.2 Å². The van der Waals surface area contributed by atoms with Crippen molar-refractivity contribution in [1.29, 1.82) is 0 Å². The lowest BCUT2D eigenvalue weighted by molar-refractivity contribution is 0.0860. The molecule has 0 fully saturated rings. The fourth-order valence-corrected chi connectivity index (χ4v) is 3.38. The average molecular weight is 278 g/mol. The molecule has 0 saturated heterocycles. The molecule has 0 radical (unpaired) electrons. The standard InChI is InChI=1S/C13H30O4Si/c1-16-18(3,17-2)11-9-7-5-4-6-8-10-13(15)12-14/h13-15H,4-12H2,1-3H3. The van der Waals surface area contributed by atoms with Crippen LogP contribution in [0.1, 0.15) is 44.9 Å². The Kier molecular flexibility index (Phi) is 11.0. The largest absolute Gasteiger partial charge is 0.398 e. The molecule has 0 heterocycles. The number of hydrogen-bond acceptors (Lipinski definition) is 4. The lowest BCUT2D eigenvalue weighted by Crippen LogP contribution is -2.35. The molecule has 0 spiro atoms. The second-order valence-electron chi connectivity index (χ2n) is 5.04. The van der Waals surface area contributed by atoms with Gasteiger partial charge in [-0.25, -0.2) is 0 Å². The van der Waals surface area contributed by atoms with Gasteiger partial charge in [-0.05, 0) is 19.0 Å². The summed E-state index contributed by atoms with van der Waals surface area (Å²) in [5.41, 5.74) is 0. The monoisotopic (exact) mass is 278 g/mol. The molecule has 0 amide bonds. The number of rotatable bonds is 12. The van der Waals surface area contributed by atoms with Gasteiger partial charge in [-0.1, -0.05) is 38.5 Å². The zero-order valence-electron chi connectivity index (χ0n) is 12.2. The molecule has 0 rings (SSSR count). The van der Waals surface area contributed by atoms with Crippen LogP contribution in [0.15, 0.2) is 0 Å². The van der Waals surface area contributed by atoms with E-state index in [-0.39, 0.29) is 6.61 Å². The number of aliphatic hydroxyl groups is 2. The highest BCUT2D eigenvalue weighted by atomic mass is 28.4. The van der Waals surface area contributed by atoms with Crippen LogP contribution < -0.4 is 0 Å². The first-order chi connectivity index (χ1) is 8.58. The summed E-state index contributed by atoms with van der Waals surface area (Å²) in [5.74, 6) is 0. The Bertz CT molecular complexity index is 186. The fraction of sp³-hybridized carbons (Fsp3) is 1.00. The minimum Gasteiger partial charge on any atom is -0.398 e. The van der Waals surface area contributed by atoms with E-state index in [1.54, 1.807) is 14.2 Å². The van der Waals surface area contributed by atoms with Crippen molar-refractivity contribution in [3.63, 3.8) is 0 Å². The molecule has 0 aromatic rings. The Morgan fingerprint density at radius 3 is 1.94 bits per heavy atom. The number of aliphatic hydroxyl groups excluding tert-OH is 2. The lowest BCUT2D eigenvalue weighted by Gasteiger charge is -2.22. The van der Waals surface area contributed by atoms with Crippen LogP contribution in [0.25, 0.3) is 0 Å². The normalized spacial score (nSPS) is 13.8. The van der Waals surface area contributed by atoms with E-state index >= 15 is 0 Å². The Labute approximate surface area is 113 Å². The van der Waals surface area contributed by atoms with Crippen LogP contribution in [-0.2, 0) is 8.85 Å². The highest BCUT2D eigenvalue weighted by Crippen LogP contribution is 2.17. The quantitative estimate of drug-likeness (QED) is 0.425. The molecular weight excluding hydrogens is 248 g/mol. The first kappa shape index (κ1) is 18.1. The summed E-state index contributed by atoms with van der Waals surface area (Å²) in [5, 5.41) is 17.8. The SMILES string of the molecule is CO[Si](C)(CCCCCCCCC(O)CO)OC. The maximum Gasteiger partial charge on any atom is 0.334 e.